The fourth-order valence-electron chi connectivity index (χ4n) is 2.27. The van der Waals surface area contributed by atoms with E-state index in [-0.39, 0.29) is 25.7 Å². The van der Waals surface area contributed by atoms with Crippen LogP contribution in [-0.2, 0) is 28.5 Å². The van der Waals surface area contributed by atoms with Crippen molar-refractivity contribution < 1.29 is 32.9 Å². The molecule has 186 valence electrons. The molecule has 0 saturated heterocycles. The van der Waals surface area contributed by atoms with Gasteiger partial charge in [-0.15, -0.1) is 0 Å². The summed E-state index contributed by atoms with van der Waals surface area (Å²) in [6, 6.07) is 0. The lowest BCUT2D eigenvalue weighted by Gasteiger charge is -2.08. The number of rotatable bonds is 22. The predicted octanol–water partition coefficient (Wildman–Crippen LogP) is 2.64. The summed E-state index contributed by atoms with van der Waals surface area (Å²) >= 11 is 0. The van der Waals surface area contributed by atoms with Crippen molar-refractivity contribution in [2.45, 2.75) is 65.0 Å². The van der Waals surface area contributed by atoms with Crippen LogP contribution in [0.4, 0.5) is 4.39 Å². The molecule has 1 atom stereocenters. The number of methoxy groups -OCH3 is 1. The second kappa shape index (κ2) is 28.7. The molecule has 0 heterocycles. The van der Waals surface area contributed by atoms with Gasteiger partial charge in [0.15, 0.2) is 0 Å². The fourth-order valence-corrected chi connectivity index (χ4v) is 2.27. The standard InChI is InChI=1S/C19H37FN2O6.C3H8/c1-25-16-19(24)22-8-4-2-5-9-26-12-13-27-10-6-3-7-11-28-15-18(20)14-21-17-23;1-3-2/h17-18H,2-16H2,1H3,(H,21,23)(H,22,24);3H2,1-2H3. The van der Waals surface area contributed by atoms with Crippen LogP contribution in [0.1, 0.15) is 58.8 Å². The van der Waals surface area contributed by atoms with Gasteiger partial charge in [-0.25, -0.2) is 4.39 Å². The van der Waals surface area contributed by atoms with Gasteiger partial charge in [0.1, 0.15) is 12.8 Å². The first-order valence-corrected chi connectivity index (χ1v) is 11.4. The Morgan fingerprint density at radius 2 is 1.45 bits per heavy atom. The molecule has 0 aromatic rings. The molecule has 0 aromatic heterocycles. The lowest BCUT2D eigenvalue weighted by atomic mass is 10.2. The van der Waals surface area contributed by atoms with E-state index in [1.54, 1.807) is 0 Å². The molecule has 0 bridgehead atoms. The van der Waals surface area contributed by atoms with Gasteiger partial charge in [0.05, 0.1) is 26.4 Å². The Kier molecular flexibility index (Phi) is 29.5. The van der Waals surface area contributed by atoms with E-state index in [0.717, 1.165) is 38.5 Å². The lowest BCUT2D eigenvalue weighted by molar-refractivity contribution is -0.124. The summed E-state index contributed by atoms with van der Waals surface area (Å²) in [5.74, 6) is -0.0829. The molecule has 0 aliphatic heterocycles. The van der Waals surface area contributed by atoms with Crippen LogP contribution >= 0.6 is 0 Å². The summed E-state index contributed by atoms with van der Waals surface area (Å²) in [7, 11) is 1.50. The zero-order chi connectivity index (χ0) is 23.4. The minimum atomic E-state index is -1.16. The lowest BCUT2D eigenvalue weighted by Crippen LogP contribution is -2.27. The first kappa shape index (κ1) is 31.9. The quantitative estimate of drug-likeness (QED) is 0.194. The average Bonchev–Trinajstić information content (AvgIpc) is 2.75. The SMILES string of the molecule is CCC.COCC(=O)NCCCCCOCCOCCCCCOCC(F)CNC=O. The van der Waals surface area contributed by atoms with Gasteiger partial charge in [-0.05, 0) is 38.5 Å². The number of alkyl halides is 1. The molecule has 0 spiro atoms. The van der Waals surface area contributed by atoms with Gasteiger partial charge >= 0.3 is 0 Å². The molecular weight excluding hydrogens is 407 g/mol. The van der Waals surface area contributed by atoms with Crippen molar-refractivity contribution in [1.29, 1.82) is 0 Å². The Labute approximate surface area is 187 Å². The van der Waals surface area contributed by atoms with Crippen molar-refractivity contribution in [2.75, 3.05) is 66.4 Å². The van der Waals surface area contributed by atoms with E-state index in [0.29, 0.717) is 46.0 Å². The number of hydrogen-bond donors (Lipinski definition) is 2. The number of unbranched alkanes of at least 4 members (excludes halogenated alkanes) is 4. The smallest absolute Gasteiger partial charge is 0.245 e. The van der Waals surface area contributed by atoms with Crippen LogP contribution in [-0.4, -0.2) is 84.9 Å². The number of hydrogen-bond acceptors (Lipinski definition) is 6. The fraction of sp³-hybridized carbons (Fsp3) is 0.909. The van der Waals surface area contributed by atoms with Crippen LogP contribution in [0.2, 0.25) is 0 Å². The maximum atomic E-state index is 13.1. The largest absolute Gasteiger partial charge is 0.379 e. The molecule has 0 rings (SSSR count). The summed E-state index contributed by atoms with van der Waals surface area (Å²) in [5, 5.41) is 5.06. The van der Waals surface area contributed by atoms with Gasteiger partial charge in [-0.3, -0.25) is 9.59 Å². The van der Waals surface area contributed by atoms with Crippen molar-refractivity contribution in [3.05, 3.63) is 0 Å². The Bertz CT molecular complexity index is 378. The van der Waals surface area contributed by atoms with Gasteiger partial charge in [0.2, 0.25) is 12.3 Å². The van der Waals surface area contributed by atoms with Gasteiger partial charge in [0, 0.05) is 33.5 Å². The van der Waals surface area contributed by atoms with Crippen molar-refractivity contribution in [3.8, 4) is 0 Å². The molecule has 0 aliphatic carbocycles. The number of amides is 2. The molecule has 1 unspecified atom stereocenters. The number of nitrogens with one attached hydrogen (secondary N) is 2. The van der Waals surface area contributed by atoms with Gasteiger partial charge in [0.25, 0.3) is 0 Å². The van der Waals surface area contributed by atoms with E-state index in [1.165, 1.54) is 13.5 Å². The van der Waals surface area contributed by atoms with Gasteiger partial charge in [-0.1, -0.05) is 20.3 Å². The molecule has 0 saturated carbocycles. The van der Waals surface area contributed by atoms with Crippen molar-refractivity contribution in [1.82, 2.24) is 10.6 Å². The molecule has 0 aliphatic rings. The highest BCUT2D eigenvalue weighted by Crippen LogP contribution is 1.99. The number of carbonyl (C=O) groups is 2. The number of halogens is 1. The van der Waals surface area contributed by atoms with Crippen LogP contribution in [0, 0.1) is 0 Å². The molecule has 0 fully saturated rings. The highest BCUT2D eigenvalue weighted by atomic mass is 19.1. The van der Waals surface area contributed by atoms with Crippen molar-refractivity contribution >= 4 is 12.3 Å². The molecule has 9 heteroatoms. The van der Waals surface area contributed by atoms with E-state index >= 15 is 0 Å². The monoisotopic (exact) mass is 452 g/mol. The van der Waals surface area contributed by atoms with Gasteiger partial charge < -0.3 is 29.6 Å². The van der Waals surface area contributed by atoms with E-state index in [2.05, 4.69) is 24.5 Å². The van der Waals surface area contributed by atoms with Crippen LogP contribution in [0.15, 0.2) is 0 Å². The van der Waals surface area contributed by atoms with E-state index in [9.17, 15) is 14.0 Å². The summed E-state index contributed by atoms with van der Waals surface area (Å²) in [5.41, 5.74) is 0. The van der Waals surface area contributed by atoms with Crippen LogP contribution in [0.25, 0.3) is 0 Å². The third-order valence-electron chi connectivity index (χ3n) is 3.73. The Morgan fingerprint density at radius 1 is 0.903 bits per heavy atom. The van der Waals surface area contributed by atoms with Crippen LogP contribution in [0.3, 0.4) is 0 Å². The highest BCUT2D eigenvalue weighted by Gasteiger charge is 2.04. The number of ether oxygens (including phenoxy) is 4. The molecule has 2 N–H and O–H groups in total. The predicted molar refractivity (Wildman–Crippen MR) is 120 cm³/mol. The topological polar surface area (TPSA) is 95.1 Å². The Morgan fingerprint density at radius 3 is 2.00 bits per heavy atom. The summed E-state index contributed by atoms with van der Waals surface area (Å²) < 4.78 is 34.0. The van der Waals surface area contributed by atoms with E-state index in [4.69, 9.17) is 18.9 Å². The maximum Gasteiger partial charge on any atom is 0.245 e. The molecular formula is C22H45FN2O6. The second-order valence-corrected chi connectivity index (χ2v) is 7.03. The average molecular weight is 453 g/mol. The first-order chi connectivity index (χ1) is 15.1. The van der Waals surface area contributed by atoms with Crippen molar-refractivity contribution in [2.24, 2.45) is 0 Å². The van der Waals surface area contributed by atoms with E-state index in [1.807, 2.05) is 0 Å². The molecule has 2 amide bonds. The minimum Gasteiger partial charge on any atom is -0.379 e. The summed E-state index contributed by atoms with van der Waals surface area (Å²) in [4.78, 5) is 21.2. The summed E-state index contributed by atoms with van der Waals surface area (Å²) in [6.45, 7) is 8.09. The first-order valence-electron chi connectivity index (χ1n) is 11.4. The third-order valence-corrected chi connectivity index (χ3v) is 3.73. The molecule has 8 nitrogen and oxygen atoms in total. The Hall–Kier alpha value is -1.29. The normalized spacial score (nSPS) is 11.4. The highest BCUT2D eigenvalue weighted by molar-refractivity contribution is 5.77. The molecule has 0 radical (unpaired) electrons. The number of carbonyl (C=O) groups excluding carboxylic acids is 2. The second-order valence-electron chi connectivity index (χ2n) is 7.03. The van der Waals surface area contributed by atoms with Crippen LogP contribution in [0.5, 0.6) is 0 Å². The van der Waals surface area contributed by atoms with E-state index < -0.39 is 6.17 Å². The van der Waals surface area contributed by atoms with Crippen molar-refractivity contribution in [3.63, 3.8) is 0 Å². The third kappa shape index (κ3) is 31.0. The van der Waals surface area contributed by atoms with Gasteiger partial charge in [-0.2, -0.15) is 0 Å². The molecule has 31 heavy (non-hydrogen) atoms. The summed E-state index contributed by atoms with van der Waals surface area (Å²) in [6.07, 6.45) is 6.23. The zero-order valence-corrected chi connectivity index (χ0v) is 19.8. The Balaban J connectivity index is 0. The molecule has 0 aromatic carbocycles. The zero-order valence-electron chi connectivity index (χ0n) is 19.8. The minimum absolute atomic E-state index is 0.00743. The maximum absolute atomic E-state index is 13.1. The van der Waals surface area contributed by atoms with Crippen LogP contribution < -0.4 is 10.6 Å².